The Labute approximate surface area is 144 Å². The van der Waals surface area contributed by atoms with Crippen molar-refractivity contribution in [1.82, 2.24) is 4.90 Å². The van der Waals surface area contributed by atoms with Gasteiger partial charge in [0.2, 0.25) is 0 Å². The first-order chi connectivity index (χ1) is 12.0. The van der Waals surface area contributed by atoms with E-state index in [0.29, 0.717) is 23.6 Å². The van der Waals surface area contributed by atoms with Gasteiger partial charge in [-0.15, -0.1) is 0 Å². The summed E-state index contributed by atoms with van der Waals surface area (Å²) < 4.78 is 39.1. The number of nitrogens with zero attached hydrogens (tertiary/aromatic N) is 1. The van der Waals surface area contributed by atoms with Gasteiger partial charge in [-0.25, -0.2) is 0 Å². The molecule has 0 unspecified atom stereocenters. The van der Waals surface area contributed by atoms with E-state index >= 15 is 0 Å². The van der Waals surface area contributed by atoms with Gasteiger partial charge in [0.25, 0.3) is 5.91 Å². The zero-order chi connectivity index (χ0) is 18.4. The van der Waals surface area contributed by atoms with E-state index in [0.717, 1.165) is 5.56 Å². The van der Waals surface area contributed by atoms with Crippen molar-refractivity contribution >= 4 is 5.91 Å². The number of halogens is 2. The summed E-state index contributed by atoms with van der Waals surface area (Å²) >= 11 is 0. The second-order valence-electron chi connectivity index (χ2n) is 5.22. The summed E-state index contributed by atoms with van der Waals surface area (Å²) in [6.07, 6.45) is 0. The van der Waals surface area contributed by atoms with Crippen LogP contribution in [0.2, 0.25) is 0 Å². The number of ether oxygens (including phenoxy) is 3. The number of hydrogen-bond donors (Lipinski definition) is 0. The number of para-hydroxylation sites is 1. The van der Waals surface area contributed by atoms with Crippen molar-refractivity contribution in [2.75, 3.05) is 21.3 Å². The van der Waals surface area contributed by atoms with Gasteiger partial charge in [-0.05, 0) is 29.8 Å². The third kappa shape index (κ3) is 4.59. The lowest BCUT2D eigenvalue weighted by Gasteiger charge is -2.20. The molecule has 134 valence electrons. The summed E-state index contributed by atoms with van der Waals surface area (Å²) in [4.78, 5) is 14.2. The number of amides is 1. The van der Waals surface area contributed by atoms with E-state index in [2.05, 4.69) is 4.74 Å². The molecule has 0 radical (unpaired) electrons. The van der Waals surface area contributed by atoms with E-state index in [-0.39, 0.29) is 11.7 Å². The number of hydrogen-bond acceptors (Lipinski definition) is 4. The number of alkyl halides is 2. The SMILES string of the molecule is COc1cccc(C(=O)N(C)Cc2ccc(OC(F)F)cc2)c1OC. The highest BCUT2D eigenvalue weighted by molar-refractivity contribution is 5.97. The summed E-state index contributed by atoms with van der Waals surface area (Å²) in [7, 11) is 4.61. The molecule has 0 aliphatic heterocycles. The van der Waals surface area contributed by atoms with E-state index < -0.39 is 6.61 Å². The first kappa shape index (κ1) is 18.5. The van der Waals surface area contributed by atoms with Crippen LogP contribution in [-0.2, 0) is 6.54 Å². The molecule has 1 amide bonds. The fourth-order valence-electron chi connectivity index (χ4n) is 2.38. The minimum atomic E-state index is -2.87. The molecule has 0 aliphatic rings. The average molecular weight is 351 g/mol. The van der Waals surface area contributed by atoms with Crippen LogP contribution in [0.1, 0.15) is 15.9 Å². The highest BCUT2D eigenvalue weighted by Gasteiger charge is 2.19. The Hall–Kier alpha value is -2.83. The zero-order valence-electron chi connectivity index (χ0n) is 14.2. The van der Waals surface area contributed by atoms with Crippen molar-refractivity contribution in [2.24, 2.45) is 0 Å². The molecule has 0 atom stereocenters. The van der Waals surface area contributed by atoms with Gasteiger partial charge in [0.1, 0.15) is 5.75 Å². The van der Waals surface area contributed by atoms with Gasteiger partial charge in [0, 0.05) is 13.6 Å². The maximum atomic E-state index is 12.7. The number of carbonyl (C=O) groups is 1. The van der Waals surface area contributed by atoms with Crippen LogP contribution in [0.4, 0.5) is 8.78 Å². The molecule has 7 heteroatoms. The summed E-state index contributed by atoms with van der Waals surface area (Å²) in [5.41, 5.74) is 1.15. The van der Waals surface area contributed by atoms with Crippen molar-refractivity contribution < 1.29 is 27.8 Å². The molecule has 5 nitrogen and oxygen atoms in total. The predicted molar refractivity (Wildman–Crippen MR) is 88.4 cm³/mol. The average Bonchev–Trinajstić information content (AvgIpc) is 2.61. The lowest BCUT2D eigenvalue weighted by Crippen LogP contribution is -2.26. The van der Waals surface area contributed by atoms with Crippen LogP contribution in [0.15, 0.2) is 42.5 Å². The molecule has 2 rings (SSSR count). The molecule has 0 fully saturated rings. The molecular weight excluding hydrogens is 332 g/mol. The molecule has 0 heterocycles. The molecule has 2 aromatic carbocycles. The lowest BCUT2D eigenvalue weighted by atomic mass is 10.1. The Morgan fingerprint density at radius 2 is 1.76 bits per heavy atom. The molecule has 0 aromatic heterocycles. The fraction of sp³-hybridized carbons (Fsp3) is 0.278. The minimum Gasteiger partial charge on any atom is -0.493 e. The Morgan fingerprint density at radius 1 is 1.08 bits per heavy atom. The molecule has 0 bridgehead atoms. The van der Waals surface area contributed by atoms with Gasteiger partial charge in [-0.3, -0.25) is 4.79 Å². The third-order valence-corrected chi connectivity index (χ3v) is 3.55. The fourth-order valence-corrected chi connectivity index (χ4v) is 2.38. The van der Waals surface area contributed by atoms with Crippen LogP contribution in [0, 0.1) is 0 Å². The van der Waals surface area contributed by atoms with E-state index in [4.69, 9.17) is 9.47 Å². The Morgan fingerprint density at radius 3 is 2.32 bits per heavy atom. The van der Waals surface area contributed by atoms with Crippen molar-refractivity contribution in [3.8, 4) is 17.2 Å². The molecule has 25 heavy (non-hydrogen) atoms. The van der Waals surface area contributed by atoms with Crippen molar-refractivity contribution in [1.29, 1.82) is 0 Å². The van der Waals surface area contributed by atoms with E-state index in [1.54, 1.807) is 37.4 Å². The molecule has 2 aromatic rings. The van der Waals surface area contributed by atoms with Crippen molar-refractivity contribution in [2.45, 2.75) is 13.2 Å². The maximum Gasteiger partial charge on any atom is 0.387 e. The minimum absolute atomic E-state index is 0.0715. The van der Waals surface area contributed by atoms with Crippen LogP contribution in [-0.4, -0.2) is 38.7 Å². The molecule has 0 aliphatic carbocycles. The van der Waals surface area contributed by atoms with Crippen molar-refractivity contribution in [3.05, 3.63) is 53.6 Å². The maximum absolute atomic E-state index is 12.7. The van der Waals surface area contributed by atoms with E-state index in [1.807, 2.05) is 0 Å². The van der Waals surface area contributed by atoms with Crippen LogP contribution in [0.3, 0.4) is 0 Å². The summed E-state index contributed by atoms with van der Waals surface area (Å²) in [6.45, 7) is -2.57. The number of rotatable bonds is 7. The normalized spacial score (nSPS) is 10.5. The Bertz CT molecular complexity index is 720. The Balaban J connectivity index is 2.13. The first-order valence-corrected chi connectivity index (χ1v) is 7.46. The quantitative estimate of drug-likeness (QED) is 0.765. The standard InChI is InChI=1S/C18H19F2NO4/c1-21(11-12-7-9-13(10-8-12)25-18(19)20)17(22)14-5-4-6-15(23-2)16(14)24-3/h4-10,18H,11H2,1-3H3. The van der Waals surface area contributed by atoms with Crippen LogP contribution in [0.5, 0.6) is 17.2 Å². The Kier molecular flexibility index (Phi) is 6.16. The molecule has 0 saturated heterocycles. The van der Waals surface area contributed by atoms with Gasteiger partial charge >= 0.3 is 6.61 Å². The van der Waals surface area contributed by atoms with Crippen LogP contribution < -0.4 is 14.2 Å². The highest BCUT2D eigenvalue weighted by Crippen LogP contribution is 2.31. The smallest absolute Gasteiger partial charge is 0.387 e. The van der Waals surface area contributed by atoms with E-state index in [9.17, 15) is 13.6 Å². The second kappa shape index (κ2) is 8.32. The predicted octanol–water partition coefficient (Wildman–Crippen LogP) is 3.58. The van der Waals surface area contributed by atoms with E-state index in [1.165, 1.54) is 31.3 Å². The van der Waals surface area contributed by atoms with Gasteiger partial charge in [0.05, 0.1) is 19.8 Å². The summed E-state index contributed by atoms with van der Waals surface area (Å²) in [5, 5.41) is 0. The number of carbonyl (C=O) groups excluding carboxylic acids is 1. The van der Waals surface area contributed by atoms with Gasteiger partial charge < -0.3 is 19.1 Å². The van der Waals surface area contributed by atoms with Crippen molar-refractivity contribution in [3.63, 3.8) is 0 Å². The molecular formula is C18H19F2NO4. The number of benzene rings is 2. The number of methoxy groups -OCH3 is 2. The lowest BCUT2D eigenvalue weighted by molar-refractivity contribution is -0.0498. The molecule has 0 saturated carbocycles. The largest absolute Gasteiger partial charge is 0.493 e. The van der Waals surface area contributed by atoms with Crippen LogP contribution >= 0.6 is 0 Å². The molecule has 0 spiro atoms. The van der Waals surface area contributed by atoms with Gasteiger partial charge in [-0.2, -0.15) is 8.78 Å². The molecule has 0 N–H and O–H groups in total. The van der Waals surface area contributed by atoms with Gasteiger partial charge in [0.15, 0.2) is 11.5 Å². The summed E-state index contributed by atoms with van der Waals surface area (Å²) in [5.74, 6) is 0.656. The summed E-state index contributed by atoms with van der Waals surface area (Å²) in [6, 6.07) is 11.2. The topological polar surface area (TPSA) is 48.0 Å². The monoisotopic (exact) mass is 351 g/mol. The highest BCUT2D eigenvalue weighted by atomic mass is 19.3. The van der Waals surface area contributed by atoms with Crippen LogP contribution in [0.25, 0.3) is 0 Å². The second-order valence-corrected chi connectivity index (χ2v) is 5.22. The van der Waals surface area contributed by atoms with Gasteiger partial charge in [-0.1, -0.05) is 18.2 Å². The zero-order valence-corrected chi connectivity index (χ0v) is 14.2. The first-order valence-electron chi connectivity index (χ1n) is 7.46. The third-order valence-electron chi connectivity index (χ3n) is 3.55.